The summed E-state index contributed by atoms with van der Waals surface area (Å²) in [7, 11) is 1.65. The number of fused-ring (bicyclic) bond motifs is 1. The van der Waals surface area contributed by atoms with Crippen molar-refractivity contribution in [2.75, 3.05) is 20.2 Å². The highest BCUT2D eigenvalue weighted by Crippen LogP contribution is 2.31. The number of nitrogens with zero attached hydrogens (tertiary/aromatic N) is 4. The first-order valence-corrected chi connectivity index (χ1v) is 9.66. The van der Waals surface area contributed by atoms with Crippen molar-refractivity contribution in [3.8, 4) is 5.75 Å². The zero-order valence-electron chi connectivity index (χ0n) is 15.9. The zero-order valence-corrected chi connectivity index (χ0v) is 15.9. The lowest BCUT2D eigenvalue weighted by Gasteiger charge is -2.25. The van der Waals surface area contributed by atoms with E-state index >= 15 is 0 Å². The van der Waals surface area contributed by atoms with Crippen LogP contribution in [0.25, 0.3) is 0 Å². The molecule has 7 heteroatoms. The maximum atomic E-state index is 13.0. The quantitative estimate of drug-likeness (QED) is 0.750. The van der Waals surface area contributed by atoms with Crippen LogP contribution in [0.5, 0.6) is 5.75 Å². The Balaban J connectivity index is 1.49. The number of carbonyl (C=O) groups excluding carboxylic acids is 1. The SMILES string of the molecule is CCCN(CC1CC1)C(=O)c1nnn2c1CO[C@H](c1ccc(OC)cc1)C2. The summed E-state index contributed by atoms with van der Waals surface area (Å²) in [5.74, 6) is 1.45. The van der Waals surface area contributed by atoms with Gasteiger partial charge in [-0.05, 0) is 42.9 Å². The number of methoxy groups -OCH3 is 1. The average molecular weight is 370 g/mol. The number of aromatic nitrogens is 3. The third-order valence-electron chi connectivity index (χ3n) is 5.24. The van der Waals surface area contributed by atoms with E-state index in [4.69, 9.17) is 9.47 Å². The van der Waals surface area contributed by atoms with E-state index < -0.39 is 0 Å². The molecule has 1 saturated carbocycles. The third kappa shape index (κ3) is 3.83. The fraction of sp³-hybridized carbons (Fsp3) is 0.550. The summed E-state index contributed by atoms with van der Waals surface area (Å²) in [5.41, 5.74) is 2.28. The fourth-order valence-electron chi connectivity index (χ4n) is 3.51. The summed E-state index contributed by atoms with van der Waals surface area (Å²) in [6, 6.07) is 7.84. The van der Waals surface area contributed by atoms with Gasteiger partial charge < -0.3 is 14.4 Å². The smallest absolute Gasteiger partial charge is 0.276 e. The number of benzene rings is 1. The van der Waals surface area contributed by atoms with Gasteiger partial charge >= 0.3 is 0 Å². The van der Waals surface area contributed by atoms with Crippen molar-refractivity contribution in [1.82, 2.24) is 19.9 Å². The largest absolute Gasteiger partial charge is 0.497 e. The molecule has 1 aromatic carbocycles. The topological polar surface area (TPSA) is 69.5 Å². The first-order chi connectivity index (χ1) is 13.2. The van der Waals surface area contributed by atoms with Crippen molar-refractivity contribution in [1.29, 1.82) is 0 Å². The second-order valence-corrected chi connectivity index (χ2v) is 7.33. The Morgan fingerprint density at radius 2 is 2.11 bits per heavy atom. The van der Waals surface area contributed by atoms with Crippen LogP contribution in [0.3, 0.4) is 0 Å². The highest BCUT2D eigenvalue weighted by molar-refractivity contribution is 5.93. The van der Waals surface area contributed by atoms with Crippen LogP contribution in [0, 0.1) is 5.92 Å². The molecule has 2 heterocycles. The van der Waals surface area contributed by atoms with E-state index in [1.54, 1.807) is 7.11 Å². The number of hydrogen-bond acceptors (Lipinski definition) is 5. The molecular weight excluding hydrogens is 344 g/mol. The van der Waals surface area contributed by atoms with Gasteiger partial charge in [-0.3, -0.25) is 4.79 Å². The Bertz CT molecular complexity index is 798. The lowest BCUT2D eigenvalue weighted by molar-refractivity contribution is -0.00198. The van der Waals surface area contributed by atoms with Crippen molar-refractivity contribution >= 4 is 5.91 Å². The predicted octanol–water partition coefficient (Wildman–Crippen LogP) is 2.82. The van der Waals surface area contributed by atoms with Gasteiger partial charge in [0.15, 0.2) is 5.69 Å². The number of rotatable bonds is 7. The molecule has 0 radical (unpaired) electrons. The van der Waals surface area contributed by atoms with E-state index in [0.717, 1.165) is 36.5 Å². The molecular formula is C20H26N4O3. The van der Waals surface area contributed by atoms with Crippen molar-refractivity contribution in [2.45, 2.75) is 45.4 Å². The first-order valence-electron chi connectivity index (χ1n) is 9.66. The summed E-state index contributed by atoms with van der Waals surface area (Å²) in [6.07, 6.45) is 3.28. The van der Waals surface area contributed by atoms with Crippen LogP contribution < -0.4 is 4.74 Å². The van der Waals surface area contributed by atoms with Gasteiger partial charge in [0.05, 0.1) is 26.0 Å². The Labute approximate surface area is 159 Å². The fourth-order valence-corrected chi connectivity index (χ4v) is 3.51. The zero-order chi connectivity index (χ0) is 18.8. The molecule has 0 saturated heterocycles. The van der Waals surface area contributed by atoms with Gasteiger partial charge in [0.25, 0.3) is 5.91 Å². The van der Waals surface area contributed by atoms with E-state index in [-0.39, 0.29) is 12.0 Å². The normalized spacial score (nSPS) is 18.8. The van der Waals surface area contributed by atoms with Gasteiger partial charge in [0.1, 0.15) is 11.9 Å². The maximum Gasteiger partial charge on any atom is 0.276 e. The second kappa shape index (κ2) is 7.68. The Kier molecular flexibility index (Phi) is 5.11. The van der Waals surface area contributed by atoms with Gasteiger partial charge in [0, 0.05) is 13.1 Å². The number of amides is 1. The highest BCUT2D eigenvalue weighted by atomic mass is 16.5. The van der Waals surface area contributed by atoms with Crippen LogP contribution in [0.2, 0.25) is 0 Å². The lowest BCUT2D eigenvalue weighted by atomic mass is 10.1. The van der Waals surface area contributed by atoms with E-state index in [1.165, 1.54) is 12.8 Å². The molecule has 1 amide bonds. The Morgan fingerprint density at radius 3 is 2.78 bits per heavy atom. The summed E-state index contributed by atoms with van der Waals surface area (Å²) >= 11 is 0. The molecule has 4 rings (SSSR count). The molecule has 1 aliphatic carbocycles. The van der Waals surface area contributed by atoms with E-state index in [0.29, 0.717) is 24.8 Å². The van der Waals surface area contributed by atoms with E-state index in [2.05, 4.69) is 17.2 Å². The number of carbonyl (C=O) groups is 1. The van der Waals surface area contributed by atoms with Gasteiger partial charge in [0.2, 0.25) is 0 Å². The van der Waals surface area contributed by atoms with Crippen LogP contribution in [0.4, 0.5) is 0 Å². The third-order valence-corrected chi connectivity index (χ3v) is 5.24. The molecule has 1 aliphatic heterocycles. The summed E-state index contributed by atoms with van der Waals surface area (Å²) in [6.45, 7) is 4.58. The molecule has 144 valence electrons. The number of ether oxygens (including phenoxy) is 2. The van der Waals surface area contributed by atoms with Crippen LogP contribution >= 0.6 is 0 Å². The average Bonchev–Trinajstić information content (AvgIpc) is 3.43. The van der Waals surface area contributed by atoms with Crippen molar-refractivity contribution < 1.29 is 14.3 Å². The predicted molar refractivity (Wildman–Crippen MR) is 99.5 cm³/mol. The Hall–Kier alpha value is -2.41. The van der Waals surface area contributed by atoms with Gasteiger partial charge in [-0.15, -0.1) is 5.10 Å². The van der Waals surface area contributed by atoms with Crippen LogP contribution in [0.15, 0.2) is 24.3 Å². The molecule has 1 fully saturated rings. The van der Waals surface area contributed by atoms with E-state index in [9.17, 15) is 4.79 Å². The summed E-state index contributed by atoms with van der Waals surface area (Å²) in [4.78, 5) is 14.9. The highest BCUT2D eigenvalue weighted by Gasteiger charge is 2.32. The molecule has 2 aromatic rings. The van der Waals surface area contributed by atoms with E-state index in [1.807, 2.05) is 33.8 Å². The molecule has 0 bridgehead atoms. The molecule has 2 aliphatic rings. The second-order valence-electron chi connectivity index (χ2n) is 7.33. The maximum absolute atomic E-state index is 13.0. The molecule has 0 unspecified atom stereocenters. The minimum atomic E-state index is -0.105. The van der Waals surface area contributed by atoms with Crippen LogP contribution in [0.1, 0.15) is 54.0 Å². The molecule has 7 nitrogen and oxygen atoms in total. The summed E-state index contributed by atoms with van der Waals surface area (Å²) in [5, 5.41) is 8.44. The van der Waals surface area contributed by atoms with Crippen molar-refractivity contribution in [3.05, 3.63) is 41.2 Å². The molecule has 1 atom stereocenters. The standard InChI is InChI=1S/C20H26N4O3/c1-3-10-23(11-14-4-5-14)20(25)19-17-13-27-18(12-24(17)22-21-19)15-6-8-16(26-2)9-7-15/h6-9,14,18H,3-5,10-13H2,1-2H3/t18-/m0/s1. The summed E-state index contributed by atoms with van der Waals surface area (Å²) < 4.78 is 13.1. The van der Waals surface area contributed by atoms with Crippen LogP contribution in [-0.2, 0) is 17.9 Å². The van der Waals surface area contributed by atoms with Gasteiger partial charge in [-0.1, -0.05) is 24.3 Å². The molecule has 1 aromatic heterocycles. The minimum Gasteiger partial charge on any atom is -0.497 e. The van der Waals surface area contributed by atoms with Gasteiger partial charge in [-0.25, -0.2) is 4.68 Å². The van der Waals surface area contributed by atoms with Crippen LogP contribution in [-0.4, -0.2) is 46.0 Å². The number of hydrogen-bond donors (Lipinski definition) is 0. The van der Waals surface area contributed by atoms with Crippen molar-refractivity contribution in [3.63, 3.8) is 0 Å². The Morgan fingerprint density at radius 1 is 1.33 bits per heavy atom. The lowest BCUT2D eigenvalue weighted by Crippen LogP contribution is -2.35. The minimum absolute atomic E-state index is 0.0171. The van der Waals surface area contributed by atoms with Crippen molar-refractivity contribution in [2.24, 2.45) is 5.92 Å². The first kappa shape index (κ1) is 18.0. The molecule has 0 N–H and O–H groups in total. The molecule has 0 spiro atoms. The monoisotopic (exact) mass is 370 g/mol. The molecule has 27 heavy (non-hydrogen) atoms. The van der Waals surface area contributed by atoms with Gasteiger partial charge in [-0.2, -0.15) is 0 Å².